The third kappa shape index (κ3) is 1.34. The minimum Gasteiger partial charge on any atom is -0.508 e. The lowest BCUT2D eigenvalue weighted by atomic mass is 10.1. The lowest BCUT2D eigenvalue weighted by Crippen LogP contribution is -1.93. The number of carbonyl (C=O) groups is 1. The molecule has 0 aliphatic carbocycles. The molecular formula is C11H11NO3. The maximum Gasteiger partial charge on any atom is 0.337 e. The molecule has 1 aromatic heterocycles. The Kier molecular flexibility index (Phi) is 1.93. The van der Waals surface area contributed by atoms with Crippen molar-refractivity contribution in [2.24, 2.45) is 7.05 Å². The van der Waals surface area contributed by atoms with E-state index in [1.165, 1.54) is 6.07 Å². The predicted molar refractivity (Wildman–Crippen MR) is 56.3 cm³/mol. The van der Waals surface area contributed by atoms with Gasteiger partial charge in [-0.3, -0.25) is 0 Å². The minimum atomic E-state index is -0.981. The van der Waals surface area contributed by atoms with Gasteiger partial charge in [-0.25, -0.2) is 4.79 Å². The number of phenols is 1. The van der Waals surface area contributed by atoms with E-state index < -0.39 is 5.97 Å². The fourth-order valence-electron chi connectivity index (χ4n) is 1.93. The topological polar surface area (TPSA) is 62.5 Å². The molecule has 0 bridgehead atoms. The molecule has 0 spiro atoms. The zero-order valence-electron chi connectivity index (χ0n) is 8.48. The molecule has 0 atom stereocenters. The Balaban J connectivity index is 2.93. The highest BCUT2D eigenvalue weighted by Gasteiger charge is 2.14. The number of rotatable bonds is 1. The summed E-state index contributed by atoms with van der Waals surface area (Å²) >= 11 is 0. The molecule has 1 heterocycles. The van der Waals surface area contributed by atoms with Gasteiger partial charge in [0.2, 0.25) is 0 Å². The summed E-state index contributed by atoms with van der Waals surface area (Å²) in [7, 11) is 1.79. The second kappa shape index (κ2) is 3.02. The Morgan fingerprint density at radius 2 is 2.07 bits per heavy atom. The van der Waals surface area contributed by atoms with E-state index in [0.717, 1.165) is 11.1 Å². The summed E-state index contributed by atoms with van der Waals surface area (Å²) in [5.41, 5.74) is 1.91. The number of aromatic carboxylic acids is 1. The van der Waals surface area contributed by atoms with Crippen LogP contribution < -0.4 is 0 Å². The highest BCUT2D eigenvalue weighted by atomic mass is 16.4. The molecule has 15 heavy (non-hydrogen) atoms. The molecule has 2 rings (SSSR count). The Morgan fingerprint density at radius 1 is 1.40 bits per heavy atom. The van der Waals surface area contributed by atoms with Gasteiger partial charge in [0.05, 0.1) is 11.1 Å². The van der Waals surface area contributed by atoms with Gasteiger partial charge in [-0.2, -0.15) is 0 Å². The van der Waals surface area contributed by atoms with Crippen molar-refractivity contribution >= 4 is 16.9 Å². The summed E-state index contributed by atoms with van der Waals surface area (Å²) in [6.07, 6.45) is 1.56. The first kappa shape index (κ1) is 9.58. The molecule has 4 heteroatoms. The summed E-state index contributed by atoms with van der Waals surface area (Å²) in [5, 5.41) is 19.0. The number of fused-ring (bicyclic) bond motifs is 1. The number of carboxylic acids is 1. The predicted octanol–water partition coefficient (Wildman–Crippen LogP) is 1.89. The molecule has 0 unspecified atom stereocenters. The van der Waals surface area contributed by atoms with Crippen molar-refractivity contribution < 1.29 is 15.0 Å². The third-order valence-electron chi connectivity index (χ3n) is 2.48. The Morgan fingerprint density at radius 3 is 2.67 bits per heavy atom. The fraction of sp³-hybridized carbons (Fsp3) is 0.182. The van der Waals surface area contributed by atoms with Crippen LogP contribution in [0.4, 0.5) is 0 Å². The van der Waals surface area contributed by atoms with Crippen LogP contribution in [0.1, 0.15) is 15.9 Å². The molecule has 0 saturated carbocycles. The Labute approximate surface area is 86.4 Å². The van der Waals surface area contributed by atoms with E-state index in [2.05, 4.69) is 0 Å². The molecule has 2 N–H and O–H groups in total. The van der Waals surface area contributed by atoms with Gasteiger partial charge >= 0.3 is 5.97 Å². The van der Waals surface area contributed by atoms with Crippen molar-refractivity contribution in [2.75, 3.05) is 0 Å². The molecule has 2 aromatic rings. The molecule has 0 amide bonds. The van der Waals surface area contributed by atoms with Gasteiger partial charge < -0.3 is 14.8 Å². The summed E-state index contributed by atoms with van der Waals surface area (Å²) in [5.74, 6) is -0.890. The lowest BCUT2D eigenvalue weighted by Gasteiger charge is -2.01. The number of benzene rings is 1. The van der Waals surface area contributed by atoms with Crippen molar-refractivity contribution in [1.29, 1.82) is 0 Å². The van der Waals surface area contributed by atoms with Gasteiger partial charge in [-0.1, -0.05) is 0 Å². The zero-order chi connectivity index (χ0) is 11.2. The quantitative estimate of drug-likeness (QED) is 0.747. The average Bonchev–Trinajstić information content (AvgIpc) is 2.42. The molecule has 0 aliphatic heterocycles. The molecule has 78 valence electrons. The average molecular weight is 205 g/mol. The molecule has 0 fully saturated rings. The molecule has 4 nitrogen and oxygen atoms in total. The van der Waals surface area contributed by atoms with Crippen molar-refractivity contribution in [3.8, 4) is 5.75 Å². The molecule has 0 aliphatic rings. The van der Waals surface area contributed by atoms with E-state index in [1.807, 2.05) is 6.92 Å². The van der Waals surface area contributed by atoms with Gasteiger partial charge in [0.25, 0.3) is 0 Å². The fourth-order valence-corrected chi connectivity index (χ4v) is 1.93. The van der Waals surface area contributed by atoms with Crippen LogP contribution in [0.25, 0.3) is 10.9 Å². The maximum absolute atomic E-state index is 11.0. The molecule has 0 saturated heterocycles. The van der Waals surface area contributed by atoms with E-state index in [0.29, 0.717) is 5.39 Å². The Bertz CT molecular complexity index is 554. The first-order valence-electron chi connectivity index (χ1n) is 4.52. The van der Waals surface area contributed by atoms with Crippen molar-refractivity contribution in [3.63, 3.8) is 0 Å². The summed E-state index contributed by atoms with van der Waals surface area (Å²) in [6.45, 7) is 1.84. The summed E-state index contributed by atoms with van der Waals surface area (Å²) < 4.78 is 1.76. The number of aryl methyl sites for hydroxylation is 2. The van der Waals surface area contributed by atoms with Gasteiger partial charge in [0.15, 0.2) is 0 Å². The standard InChI is InChI=1S/C11H11NO3/c1-6-3-7(13)4-8-9(11(14)15)5-12(2)10(6)8/h3-5,13H,1-2H3,(H,14,15). The van der Waals surface area contributed by atoms with Crippen LogP contribution in [0.3, 0.4) is 0 Å². The maximum atomic E-state index is 11.0. The van der Waals surface area contributed by atoms with Crippen LogP contribution in [0.2, 0.25) is 0 Å². The van der Waals surface area contributed by atoms with Crippen LogP contribution in [0, 0.1) is 6.92 Å². The smallest absolute Gasteiger partial charge is 0.337 e. The number of carboxylic acid groups (broad SMARTS) is 1. The van der Waals surface area contributed by atoms with Crippen molar-refractivity contribution in [1.82, 2.24) is 4.57 Å². The summed E-state index contributed by atoms with van der Waals surface area (Å²) in [4.78, 5) is 11.0. The largest absolute Gasteiger partial charge is 0.508 e. The summed E-state index contributed by atoms with van der Waals surface area (Å²) in [6, 6.07) is 3.10. The molecule has 1 aromatic carbocycles. The van der Waals surface area contributed by atoms with Crippen LogP contribution >= 0.6 is 0 Å². The first-order valence-corrected chi connectivity index (χ1v) is 4.52. The number of aromatic nitrogens is 1. The van der Waals surface area contributed by atoms with Crippen LogP contribution in [0.15, 0.2) is 18.3 Å². The number of phenolic OH excluding ortho intramolecular Hbond substituents is 1. The monoisotopic (exact) mass is 205 g/mol. The number of nitrogens with zero attached hydrogens (tertiary/aromatic N) is 1. The number of aromatic hydroxyl groups is 1. The van der Waals surface area contributed by atoms with Gasteiger partial charge in [0, 0.05) is 18.6 Å². The minimum absolute atomic E-state index is 0.0914. The van der Waals surface area contributed by atoms with Gasteiger partial charge in [-0.05, 0) is 24.6 Å². The second-order valence-electron chi connectivity index (χ2n) is 3.62. The number of hydrogen-bond donors (Lipinski definition) is 2. The van der Waals surface area contributed by atoms with Crippen LogP contribution in [-0.4, -0.2) is 20.7 Å². The highest BCUT2D eigenvalue weighted by Crippen LogP contribution is 2.28. The third-order valence-corrected chi connectivity index (χ3v) is 2.48. The van der Waals surface area contributed by atoms with E-state index in [1.54, 1.807) is 23.9 Å². The van der Waals surface area contributed by atoms with Crippen molar-refractivity contribution in [2.45, 2.75) is 6.92 Å². The lowest BCUT2D eigenvalue weighted by molar-refractivity contribution is 0.0699. The van der Waals surface area contributed by atoms with Gasteiger partial charge in [0.1, 0.15) is 5.75 Å². The van der Waals surface area contributed by atoms with E-state index in [-0.39, 0.29) is 11.3 Å². The van der Waals surface area contributed by atoms with E-state index in [9.17, 15) is 9.90 Å². The van der Waals surface area contributed by atoms with Crippen LogP contribution in [0.5, 0.6) is 5.75 Å². The number of hydrogen-bond acceptors (Lipinski definition) is 2. The van der Waals surface area contributed by atoms with E-state index >= 15 is 0 Å². The van der Waals surface area contributed by atoms with Crippen molar-refractivity contribution in [3.05, 3.63) is 29.5 Å². The van der Waals surface area contributed by atoms with E-state index in [4.69, 9.17) is 5.11 Å². The highest BCUT2D eigenvalue weighted by molar-refractivity contribution is 6.04. The van der Waals surface area contributed by atoms with Gasteiger partial charge in [-0.15, -0.1) is 0 Å². The SMILES string of the molecule is Cc1cc(O)cc2c(C(=O)O)cn(C)c12. The zero-order valence-corrected chi connectivity index (χ0v) is 8.48. The normalized spacial score (nSPS) is 10.8. The first-order chi connectivity index (χ1) is 7.00. The molecule has 0 radical (unpaired) electrons. The second-order valence-corrected chi connectivity index (χ2v) is 3.62. The van der Waals surface area contributed by atoms with Crippen LogP contribution in [-0.2, 0) is 7.05 Å². The Hall–Kier alpha value is -1.97. The molecular weight excluding hydrogens is 194 g/mol.